The number of hydrogen-bond acceptors (Lipinski definition) is 4. The first kappa shape index (κ1) is 16.7. The number of rotatable bonds is 2. The van der Waals surface area contributed by atoms with Gasteiger partial charge in [0.2, 0.25) is 0 Å². The van der Waals surface area contributed by atoms with Crippen molar-refractivity contribution < 1.29 is 13.2 Å². The molecule has 0 aliphatic heterocycles. The molecular formula is C18H16F3N5. The third-order valence-corrected chi connectivity index (χ3v) is 4.50. The molecule has 0 radical (unpaired) electrons. The number of aryl methyl sites for hydroxylation is 2. The molecule has 0 amide bonds. The monoisotopic (exact) mass is 359 g/mol. The summed E-state index contributed by atoms with van der Waals surface area (Å²) in [7, 11) is 1.78. The quantitative estimate of drug-likeness (QED) is 0.698. The van der Waals surface area contributed by atoms with E-state index in [0.717, 1.165) is 54.8 Å². The summed E-state index contributed by atoms with van der Waals surface area (Å²) in [6.07, 6.45) is 1.22. The summed E-state index contributed by atoms with van der Waals surface area (Å²) >= 11 is 0. The number of nitrogens with zero attached hydrogens (tertiary/aromatic N) is 5. The minimum absolute atomic E-state index is 0.417. The summed E-state index contributed by atoms with van der Waals surface area (Å²) in [6, 6.07) is 4.93. The van der Waals surface area contributed by atoms with Crippen LogP contribution in [0.15, 0.2) is 30.5 Å². The standard InChI is InChI=1S/C18H16F3N5/c1-26-10-15(24-25-26)16-13-4-2-3-5-14(13)22-17(23-16)11-6-8-12(9-7-11)18(19,20)21/h6-10H,2-5H2,1H3. The van der Waals surface area contributed by atoms with E-state index in [9.17, 15) is 13.2 Å². The van der Waals surface area contributed by atoms with Gasteiger partial charge < -0.3 is 0 Å². The van der Waals surface area contributed by atoms with Crippen molar-refractivity contribution in [2.24, 2.45) is 7.05 Å². The van der Waals surface area contributed by atoms with Gasteiger partial charge in [0, 0.05) is 23.9 Å². The highest BCUT2D eigenvalue weighted by atomic mass is 19.4. The Kier molecular flexibility index (Phi) is 3.97. The molecule has 134 valence electrons. The fraction of sp³-hybridized carbons (Fsp3) is 0.333. The van der Waals surface area contributed by atoms with Crippen molar-refractivity contribution in [3.05, 3.63) is 47.3 Å². The molecule has 1 aromatic carbocycles. The summed E-state index contributed by atoms with van der Waals surface area (Å²) in [6.45, 7) is 0. The second-order valence-corrected chi connectivity index (χ2v) is 6.38. The zero-order chi connectivity index (χ0) is 18.3. The lowest BCUT2D eigenvalue weighted by Gasteiger charge is -2.18. The molecule has 0 bridgehead atoms. The van der Waals surface area contributed by atoms with Crippen LogP contribution in [0.1, 0.15) is 29.7 Å². The highest BCUT2D eigenvalue weighted by molar-refractivity contribution is 5.65. The number of hydrogen-bond donors (Lipinski definition) is 0. The van der Waals surface area contributed by atoms with Crippen LogP contribution in [0.4, 0.5) is 13.2 Å². The average Bonchev–Trinajstić information content (AvgIpc) is 3.06. The average molecular weight is 359 g/mol. The third kappa shape index (κ3) is 3.07. The van der Waals surface area contributed by atoms with Crippen LogP contribution in [-0.2, 0) is 26.1 Å². The molecule has 3 aromatic rings. The van der Waals surface area contributed by atoms with Gasteiger partial charge in [-0.15, -0.1) is 5.10 Å². The topological polar surface area (TPSA) is 56.5 Å². The number of alkyl halides is 3. The number of benzene rings is 1. The Labute approximate surface area is 147 Å². The second kappa shape index (κ2) is 6.19. The van der Waals surface area contributed by atoms with E-state index in [0.29, 0.717) is 17.1 Å². The van der Waals surface area contributed by atoms with Crippen LogP contribution in [0, 0.1) is 0 Å². The smallest absolute Gasteiger partial charge is 0.255 e. The van der Waals surface area contributed by atoms with Crippen LogP contribution < -0.4 is 0 Å². The van der Waals surface area contributed by atoms with Crippen molar-refractivity contribution in [3.8, 4) is 22.8 Å². The summed E-state index contributed by atoms with van der Waals surface area (Å²) in [5, 5.41) is 8.11. The van der Waals surface area contributed by atoms with Crippen LogP contribution in [0.2, 0.25) is 0 Å². The van der Waals surface area contributed by atoms with Gasteiger partial charge in [0.15, 0.2) is 5.82 Å². The molecule has 4 rings (SSSR count). The molecule has 0 unspecified atom stereocenters. The van der Waals surface area contributed by atoms with Crippen molar-refractivity contribution in [3.63, 3.8) is 0 Å². The highest BCUT2D eigenvalue weighted by Crippen LogP contribution is 2.33. The van der Waals surface area contributed by atoms with Crippen LogP contribution in [0.3, 0.4) is 0 Å². The fourth-order valence-electron chi connectivity index (χ4n) is 3.20. The molecule has 26 heavy (non-hydrogen) atoms. The number of halogens is 3. The molecule has 8 heteroatoms. The minimum atomic E-state index is -4.36. The van der Waals surface area contributed by atoms with Gasteiger partial charge in [0.25, 0.3) is 0 Å². The third-order valence-electron chi connectivity index (χ3n) is 4.50. The first-order valence-electron chi connectivity index (χ1n) is 8.36. The minimum Gasteiger partial charge on any atom is -0.255 e. The zero-order valence-electron chi connectivity index (χ0n) is 14.1. The SMILES string of the molecule is Cn1cc(-c2nc(-c3ccc(C(F)(F)F)cc3)nc3c2CCCC3)nn1. The molecule has 0 saturated heterocycles. The maximum Gasteiger partial charge on any atom is 0.416 e. The van der Waals surface area contributed by atoms with E-state index >= 15 is 0 Å². The van der Waals surface area contributed by atoms with Crippen molar-refractivity contribution in [2.45, 2.75) is 31.9 Å². The number of aromatic nitrogens is 5. The van der Waals surface area contributed by atoms with E-state index < -0.39 is 11.7 Å². The van der Waals surface area contributed by atoms with Gasteiger partial charge in [0.05, 0.1) is 17.5 Å². The summed E-state index contributed by atoms with van der Waals surface area (Å²) < 4.78 is 40.0. The molecule has 5 nitrogen and oxygen atoms in total. The Bertz CT molecular complexity index is 944. The lowest BCUT2D eigenvalue weighted by Crippen LogP contribution is -2.11. The molecule has 1 aliphatic rings. The Morgan fingerprint density at radius 3 is 2.38 bits per heavy atom. The molecule has 0 fully saturated rings. The van der Waals surface area contributed by atoms with E-state index in [1.54, 1.807) is 17.9 Å². The van der Waals surface area contributed by atoms with E-state index in [1.165, 1.54) is 12.1 Å². The van der Waals surface area contributed by atoms with Crippen molar-refractivity contribution in [1.29, 1.82) is 0 Å². The van der Waals surface area contributed by atoms with Gasteiger partial charge in [-0.25, -0.2) is 9.97 Å². The normalized spacial score (nSPS) is 14.3. The van der Waals surface area contributed by atoms with Crippen molar-refractivity contribution in [2.75, 3.05) is 0 Å². The molecule has 1 aliphatic carbocycles. The Morgan fingerprint density at radius 1 is 1.00 bits per heavy atom. The van der Waals surface area contributed by atoms with Gasteiger partial charge in [-0.05, 0) is 37.8 Å². The van der Waals surface area contributed by atoms with E-state index in [1.807, 2.05) is 0 Å². The Balaban J connectivity index is 1.82. The first-order chi connectivity index (χ1) is 12.4. The summed E-state index contributed by atoms with van der Waals surface area (Å²) in [4.78, 5) is 9.24. The second-order valence-electron chi connectivity index (χ2n) is 6.38. The number of fused-ring (bicyclic) bond motifs is 1. The predicted octanol–water partition coefficient (Wildman–Crippen LogP) is 3.84. The first-order valence-corrected chi connectivity index (χ1v) is 8.36. The largest absolute Gasteiger partial charge is 0.416 e. The molecule has 0 saturated carbocycles. The van der Waals surface area contributed by atoms with Crippen molar-refractivity contribution >= 4 is 0 Å². The van der Waals surface area contributed by atoms with Crippen LogP contribution >= 0.6 is 0 Å². The van der Waals surface area contributed by atoms with Crippen molar-refractivity contribution in [1.82, 2.24) is 25.0 Å². The fourth-order valence-corrected chi connectivity index (χ4v) is 3.20. The van der Waals surface area contributed by atoms with E-state index in [4.69, 9.17) is 0 Å². The maximum atomic E-state index is 12.8. The predicted molar refractivity (Wildman–Crippen MR) is 89.1 cm³/mol. The molecule has 2 heterocycles. The van der Waals surface area contributed by atoms with Gasteiger partial charge in [0.1, 0.15) is 5.69 Å². The van der Waals surface area contributed by atoms with Gasteiger partial charge in [-0.2, -0.15) is 13.2 Å². The molecular weight excluding hydrogens is 343 g/mol. The van der Waals surface area contributed by atoms with Crippen LogP contribution in [-0.4, -0.2) is 25.0 Å². The zero-order valence-corrected chi connectivity index (χ0v) is 14.1. The molecule has 0 N–H and O–H groups in total. The van der Waals surface area contributed by atoms with Gasteiger partial charge in [-0.3, -0.25) is 4.68 Å². The Hall–Kier alpha value is -2.77. The summed E-state index contributed by atoms with van der Waals surface area (Å²) in [5.74, 6) is 0.417. The van der Waals surface area contributed by atoms with E-state index in [2.05, 4.69) is 20.3 Å². The van der Waals surface area contributed by atoms with Crippen LogP contribution in [0.5, 0.6) is 0 Å². The highest BCUT2D eigenvalue weighted by Gasteiger charge is 2.30. The van der Waals surface area contributed by atoms with Crippen LogP contribution in [0.25, 0.3) is 22.8 Å². The summed E-state index contributed by atoms with van der Waals surface area (Å²) in [5.41, 5.74) is 3.25. The van der Waals surface area contributed by atoms with Gasteiger partial charge >= 0.3 is 6.18 Å². The molecule has 0 spiro atoms. The van der Waals surface area contributed by atoms with E-state index in [-0.39, 0.29) is 0 Å². The lowest BCUT2D eigenvalue weighted by molar-refractivity contribution is -0.137. The molecule has 2 aromatic heterocycles. The Morgan fingerprint density at radius 2 is 1.73 bits per heavy atom. The lowest BCUT2D eigenvalue weighted by atomic mass is 9.93. The molecule has 0 atom stereocenters. The maximum absolute atomic E-state index is 12.8. The van der Waals surface area contributed by atoms with Gasteiger partial charge in [-0.1, -0.05) is 17.3 Å².